The Bertz CT molecular complexity index is 784. The molecule has 1 aromatic heterocycles. The van der Waals surface area contributed by atoms with Crippen LogP contribution >= 0.6 is 11.3 Å². The molecule has 144 valence electrons. The highest BCUT2D eigenvalue weighted by Crippen LogP contribution is 2.18. The number of hydrogen-bond donors (Lipinski definition) is 2. The molecule has 6 nitrogen and oxygen atoms in total. The molecule has 0 saturated heterocycles. The van der Waals surface area contributed by atoms with Gasteiger partial charge in [-0.25, -0.2) is 4.98 Å². The highest BCUT2D eigenvalue weighted by atomic mass is 32.1. The van der Waals surface area contributed by atoms with Crippen LogP contribution in [0, 0.1) is 5.92 Å². The molecule has 0 aliphatic carbocycles. The maximum atomic E-state index is 12.4. The molecular weight excluding hydrogens is 360 g/mol. The summed E-state index contributed by atoms with van der Waals surface area (Å²) in [5.41, 5.74) is 7.07. The molecule has 27 heavy (non-hydrogen) atoms. The Labute approximate surface area is 164 Å². The van der Waals surface area contributed by atoms with Crippen LogP contribution in [0.5, 0.6) is 5.75 Å². The number of nitrogen functional groups attached to an aromatic ring is 1. The van der Waals surface area contributed by atoms with Gasteiger partial charge in [0.05, 0.1) is 7.11 Å². The maximum Gasteiger partial charge on any atom is 0.206 e. The van der Waals surface area contributed by atoms with Crippen molar-refractivity contribution >= 4 is 22.3 Å². The van der Waals surface area contributed by atoms with E-state index in [4.69, 9.17) is 10.5 Å². The molecule has 1 unspecified atom stereocenters. The molecule has 3 N–H and O–H groups in total. The van der Waals surface area contributed by atoms with Crippen LogP contribution in [0.2, 0.25) is 0 Å². The van der Waals surface area contributed by atoms with Crippen LogP contribution < -0.4 is 15.8 Å². The van der Waals surface area contributed by atoms with Gasteiger partial charge < -0.3 is 20.7 Å². The number of ether oxygens (including phenoxy) is 1. The molecule has 0 radical (unpaired) electrons. The van der Waals surface area contributed by atoms with Crippen LogP contribution in [0.1, 0.15) is 29.9 Å². The smallest absolute Gasteiger partial charge is 0.206 e. The van der Waals surface area contributed by atoms with E-state index in [0.29, 0.717) is 17.4 Å². The molecular formula is C20H26N4O2S. The van der Waals surface area contributed by atoms with E-state index in [0.717, 1.165) is 11.3 Å². The number of anilines is 1. The van der Waals surface area contributed by atoms with E-state index < -0.39 is 0 Å². The van der Waals surface area contributed by atoms with Crippen LogP contribution in [0.3, 0.4) is 0 Å². The van der Waals surface area contributed by atoms with E-state index in [-0.39, 0.29) is 17.9 Å². The molecule has 2 rings (SSSR count). The SMILES string of the molecule is C=CNC(C(C)C)N(/C=C/C(=O)c1csc(N)n1)Cc1ccc(OC)cc1. The number of nitrogens with one attached hydrogen (secondary N) is 1. The van der Waals surface area contributed by atoms with Crippen molar-refractivity contribution in [2.75, 3.05) is 12.8 Å². The average molecular weight is 387 g/mol. The van der Waals surface area contributed by atoms with Crippen LogP contribution in [0.15, 0.2) is 54.7 Å². The molecule has 1 atom stereocenters. The third-order valence-electron chi connectivity index (χ3n) is 3.99. The van der Waals surface area contributed by atoms with E-state index >= 15 is 0 Å². The Morgan fingerprint density at radius 2 is 2.11 bits per heavy atom. The first-order valence-corrected chi connectivity index (χ1v) is 9.51. The number of benzene rings is 1. The zero-order chi connectivity index (χ0) is 19.8. The molecule has 0 aliphatic heterocycles. The van der Waals surface area contributed by atoms with E-state index in [1.165, 1.54) is 17.4 Å². The average Bonchev–Trinajstić information content (AvgIpc) is 3.10. The van der Waals surface area contributed by atoms with Gasteiger partial charge in [-0.05, 0) is 29.8 Å². The first-order valence-electron chi connectivity index (χ1n) is 8.63. The summed E-state index contributed by atoms with van der Waals surface area (Å²) < 4.78 is 5.21. The number of carbonyl (C=O) groups is 1. The molecule has 1 heterocycles. The number of methoxy groups -OCH3 is 1. The minimum atomic E-state index is -0.177. The summed E-state index contributed by atoms with van der Waals surface area (Å²) in [6.45, 7) is 8.61. The standard InChI is InChI=1S/C20H26N4O2S/c1-5-22-19(14(2)3)24(12-15-6-8-16(26-4)9-7-15)11-10-18(25)17-13-27-20(21)23-17/h5-11,13-14,19,22H,1,12H2,2-4H3,(H2,21,23)/b11-10+. The fourth-order valence-electron chi connectivity index (χ4n) is 2.63. The number of carbonyl (C=O) groups excluding carboxylic acids is 1. The number of ketones is 1. The van der Waals surface area contributed by atoms with Crippen molar-refractivity contribution in [1.82, 2.24) is 15.2 Å². The van der Waals surface area contributed by atoms with E-state index in [9.17, 15) is 4.79 Å². The van der Waals surface area contributed by atoms with Crippen LogP contribution in [0.4, 0.5) is 5.13 Å². The van der Waals surface area contributed by atoms with E-state index in [1.54, 1.807) is 24.9 Å². The van der Waals surface area contributed by atoms with Gasteiger partial charge in [0.1, 0.15) is 17.6 Å². The minimum Gasteiger partial charge on any atom is -0.497 e. The summed E-state index contributed by atoms with van der Waals surface area (Å²) in [6.07, 6.45) is 4.97. The van der Waals surface area contributed by atoms with E-state index in [2.05, 4.69) is 35.6 Å². The summed E-state index contributed by atoms with van der Waals surface area (Å²) >= 11 is 1.25. The Hall–Kier alpha value is -2.80. The Kier molecular flexibility index (Phi) is 7.43. The summed E-state index contributed by atoms with van der Waals surface area (Å²) in [5.74, 6) is 0.918. The Balaban J connectivity index is 2.23. The van der Waals surface area contributed by atoms with Crippen molar-refractivity contribution in [1.29, 1.82) is 0 Å². The topological polar surface area (TPSA) is 80.5 Å². The molecule has 2 aromatic rings. The highest BCUT2D eigenvalue weighted by Gasteiger charge is 2.19. The van der Waals surface area contributed by atoms with Crippen molar-refractivity contribution < 1.29 is 9.53 Å². The summed E-state index contributed by atoms with van der Waals surface area (Å²) in [7, 11) is 1.64. The first-order chi connectivity index (χ1) is 12.9. The number of thiazole rings is 1. The molecule has 0 spiro atoms. The number of allylic oxidation sites excluding steroid dienone is 1. The third-order valence-corrected chi connectivity index (χ3v) is 4.67. The lowest BCUT2D eigenvalue weighted by Crippen LogP contribution is -2.43. The van der Waals surface area contributed by atoms with Crippen LogP contribution in [-0.4, -0.2) is 28.9 Å². The zero-order valence-corrected chi connectivity index (χ0v) is 16.7. The normalized spacial score (nSPS) is 12.1. The van der Waals surface area contributed by atoms with Crippen molar-refractivity contribution in [3.8, 4) is 5.75 Å². The van der Waals surface area contributed by atoms with Gasteiger partial charge in [-0.2, -0.15) is 0 Å². The van der Waals surface area contributed by atoms with Gasteiger partial charge in [-0.3, -0.25) is 4.79 Å². The zero-order valence-electron chi connectivity index (χ0n) is 15.9. The van der Waals surface area contributed by atoms with Gasteiger partial charge in [-0.15, -0.1) is 11.3 Å². The summed E-state index contributed by atoms with van der Waals surface area (Å²) in [5, 5.41) is 5.31. The first kappa shape index (κ1) is 20.5. The van der Waals surface area contributed by atoms with Crippen molar-refractivity contribution in [2.45, 2.75) is 26.6 Å². The van der Waals surface area contributed by atoms with Gasteiger partial charge in [0.2, 0.25) is 5.78 Å². The Morgan fingerprint density at radius 1 is 1.41 bits per heavy atom. The van der Waals surface area contributed by atoms with Crippen LogP contribution in [-0.2, 0) is 6.54 Å². The largest absolute Gasteiger partial charge is 0.497 e. The van der Waals surface area contributed by atoms with E-state index in [1.807, 2.05) is 24.3 Å². The van der Waals surface area contributed by atoms with Gasteiger partial charge in [0, 0.05) is 24.2 Å². The Morgan fingerprint density at radius 3 is 2.63 bits per heavy atom. The van der Waals surface area contributed by atoms with Crippen molar-refractivity contribution in [3.63, 3.8) is 0 Å². The number of nitrogens with two attached hydrogens (primary N) is 1. The molecule has 0 bridgehead atoms. The van der Waals surface area contributed by atoms with Crippen LogP contribution in [0.25, 0.3) is 0 Å². The second kappa shape index (κ2) is 9.78. The predicted molar refractivity (Wildman–Crippen MR) is 110 cm³/mol. The summed E-state index contributed by atoms with van der Waals surface area (Å²) in [6, 6.07) is 7.86. The van der Waals surface area contributed by atoms with Crippen molar-refractivity contribution in [2.24, 2.45) is 5.92 Å². The van der Waals surface area contributed by atoms with Crippen molar-refractivity contribution in [3.05, 3.63) is 66.0 Å². The molecule has 1 aromatic carbocycles. The molecule has 0 aliphatic rings. The fourth-order valence-corrected chi connectivity index (χ4v) is 3.18. The second-order valence-electron chi connectivity index (χ2n) is 6.33. The monoisotopic (exact) mass is 386 g/mol. The molecule has 7 heteroatoms. The lowest BCUT2D eigenvalue weighted by atomic mass is 10.1. The lowest BCUT2D eigenvalue weighted by molar-refractivity contribution is 0.103. The molecule has 0 fully saturated rings. The summed E-state index contributed by atoms with van der Waals surface area (Å²) in [4.78, 5) is 18.5. The lowest BCUT2D eigenvalue weighted by Gasteiger charge is -2.34. The predicted octanol–water partition coefficient (Wildman–Crippen LogP) is 3.65. The van der Waals surface area contributed by atoms with Gasteiger partial charge in [-0.1, -0.05) is 32.6 Å². The number of nitrogens with zero attached hydrogens (tertiary/aromatic N) is 2. The van der Waals surface area contributed by atoms with Gasteiger partial charge in [0.15, 0.2) is 5.13 Å². The maximum absolute atomic E-state index is 12.4. The molecule has 0 amide bonds. The second-order valence-corrected chi connectivity index (χ2v) is 7.22. The number of hydrogen-bond acceptors (Lipinski definition) is 7. The minimum absolute atomic E-state index is 0.0193. The number of aromatic nitrogens is 1. The quantitative estimate of drug-likeness (QED) is 0.369. The highest BCUT2D eigenvalue weighted by molar-refractivity contribution is 7.13. The van der Waals surface area contributed by atoms with Gasteiger partial charge in [0.25, 0.3) is 0 Å². The molecule has 0 saturated carbocycles. The fraction of sp³-hybridized carbons (Fsp3) is 0.300. The third kappa shape index (κ3) is 5.86. The van der Waals surface area contributed by atoms with Gasteiger partial charge >= 0.3 is 0 Å². The number of rotatable bonds is 10.